The fourth-order valence-electron chi connectivity index (χ4n) is 1.37. The van der Waals surface area contributed by atoms with Crippen LogP contribution in [0.25, 0.3) is 6.08 Å². The molecule has 0 atom stereocenters. The lowest BCUT2D eigenvalue weighted by atomic mass is 10.2. The molecule has 0 aromatic carbocycles. The first kappa shape index (κ1) is 13.4. The van der Waals surface area contributed by atoms with E-state index in [0.29, 0.717) is 10.1 Å². The third kappa shape index (κ3) is 3.71. The highest BCUT2D eigenvalue weighted by atomic mass is 35.5. The van der Waals surface area contributed by atoms with Gasteiger partial charge in [-0.15, -0.1) is 11.3 Å². The summed E-state index contributed by atoms with van der Waals surface area (Å²) in [6, 6.07) is 8.82. The lowest BCUT2D eigenvalue weighted by Gasteiger charge is -2.01. The highest BCUT2D eigenvalue weighted by Gasteiger charge is 2.10. The van der Waals surface area contributed by atoms with Gasteiger partial charge in [-0.05, 0) is 30.3 Å². The smallest absolute Gasteiger partial charge is 0.262 e. The van der Waals surface area contributed by atoms with E-state index >= 15 is 0 Å². The van der Waals surface area contributed by atoms with E-state index in [1.807, 2.05) is 6.07 Å². The molecular weight excluding hydrogens is 284 g/mol. The Morgan fingerprint density at radius 2 is 2.37 bits per heavy atom. The fraction of sp³-hybridized carbons (Fsp3) is 0.0769. The second-order valence-electron chi connectivity index (χ2n) is 3.57. The van der Waals surface area contributed by atoms with Crippen molar-refractivity contribution >= 4 is 34.9 Å². The summed E-state index contributed by atoms with van der Waals surface area (Å²) in [4.78, 5) is 12.6. The van der Waals surface area contributed by atoms with Crippen LogP contribution in [-0.4, -0.2) is 5.91 Å². The lowest BCUT2D eigenvalue weighted by Crippen LogP contribution is -2.23. The minimum Gasteiger partial charge on any atom is -0.467 e. The SMILES string of the molecule is N#C/C(=C\c1ccc(Cl)s1)C(=O)NCc1ccco1. The predicted molar refractivity (Wildman–Crippen MR) is 73.5 cm³/mol. The number of halogens is 1. The molecule has 19 heavy (non-hydrogen) atoms. The van der Waals surface area contributed by atoms with Crippen molar-refractivity contribution in [3.05, 3.63) is 51.1 Å². The molecule has 0 radical (unpaired) electrons. The lowest BCUT2D eigenvalue weighted by molar-refractivity contribution is -0.117. The molecule has 6 heteroatoms. The number of furan rings is 1. The molecule has 1 amide bonds. The average Bonchev–Trinajstić information content (AvgIpc) is 3.04. The van der Waals surface area contributed by atoms with Gasteiger partial charge in [0.05, 0.1) is 17.1 Å². The molecule has 2 rings (SSSR count). The topological polar surface area (TPSA) is 66.0 Å². The molecule has 96 valence electrons. The number of rotatable bonds is 4. The van der Waals surface area contributed by atoms with Crippen LogP contribution in [0.4, 0.5) is 0 Å². The maximum absolute atomic E-state index is 11.8. The maximum atomic E-state index is 11.8. The third-order valence-electron chi connectivity index (χ3n) is 2.25. The number of amides is 1. The standard InChI is InChI=1S/C13H9ClN2O2S/c14-12-4-3-11(19-12)6-9(7-15)13(17)16-8-10-2-1-5-18-10/h1-6H,8H2,(H,16,17)/b9-6+. The van der Waals surface area contributed by atoms with Crippen LogP contribution in [0.5, 0.6) is 0 Å². The Morgan fingerprint density at radius 3 is 2.95 bits per heavy atom. The number of nitrogens with zero attached hydrogens (tertiary/aromatic N) is 1. The van der Waals surface area contributed by atoms with Gasteiger partial charge in [-0.3, -0.25) is 4.79 Å². The van der Waals surface area contributed by atoms with E-state index in [4.69, 9.17) is 21.3 Å². The molecule has 2 heterocycles. The summed E-state index contributed by atoms with van der Waals surface area (Å²) in [5.74, 6) is 0.188. The van der Waals surface area contributed by atoms with Gasteiger partial charge in [-0.2, -0.15) is 5.26 Å². The van der Waals surface area contributed by atoms with Crippen molar-refractivity contribution in [2.75, 3.05) is 0 Å². The molecule has 0 aliphatic rings. The van der Waals surface area contributed by atoms with Crippen LogP contribution in [-0.2, 0) is 11.3 Å². The quantitative estimate of drug-likeness (QED) is 0.695. The van der Waals surface area contributed by atoms with Gasteiger partial charge in [-0.1, -0.05) is 11.6 Å². The Balaban J connectivity index is 2.03. The zero-order valence-corrected chi connectivity index (χ0v) is 11.3. The van der Waals surface area contributed by atoms with E-state index in [0.717, 1.165) is 4.88 Å². The molecule has 2 aromatic rings. The first-order valence-corrected chi connectivity index (χ1v) is 6.56. The second-order valence-corrected chi connectivity index (χ2v) is 5.32. The summed E-state index contributed by atoms with van der Waals surface area (Å²) >= 11 is 7.09. The van der Waals surface area contributed by atoms with Crippen molar-refractivity contribution < 1.29 is 9.21 Å². The zero-order chi connectivity index (χ0) is 13.7. The van der Waals surface area contributed by atoms with Gasteiger partial charge in [0.2, 0.25) is 0 Å². The Morgan fingerprint density at radius 1 is 1.53 bits per heavy atom. The highest BCUT2D eigenvalue weighted by Crippen LogP contribution is 2.23. The Labute approximate surface area is 118 Å². The summed E-state index contributed by atoms with van der Waals surface area (Å²) < 4.78 is 5.70. The van der Waals surface area contributed by atoms with E-state index in [-0.39, 0.29) is 12.1 Å². The van der Waals surface area contributed by atoms with E-state index in [9.17, 15) is 4.79 Å². The molecule has 0 aliphatic carbocycles. The van der Waals surface area contributed by atoms with E-state index in [1.54, 1.807) is 24.3 Å². The average molecular weight is 293 g/mol. The first-order chi connectivity index (χ1) is 9.19. The molecule has 0 saturated carbocycles. The number of carbonyl (C=O) groups excluding carboxylic acids is 1. The molecule has 0 saturated heterocycles. The normalized spacial score (nSPS) is 11.1. The van der Waals surface area contributed by atoms with Crippen LogP contribution in [0.15, 0.2) is 40.5 Å². The van der Waals surface area contributed by atoms with Gasteiger partial charge in [0, 0.05) is 4.88 Å². The third-order valence-corrected chi connectivity index (χ3v) is 3.43. The predicted octanol–water partition coefficient (Wildman–Crippen LogP) is 3.22. The van der Waals surface area contributed by atoms with E-state index in [1.165, 1.54) is 23.7 Å². The maximum Gasteiger partial charge on any atom is 0.262 e. The van der Waals surface area contributed by atoms with Gasteiger partial charge in [-0.25, -0.2) is 0 Å². The molecule has 0 aliphatic heterocycles. The van der Waals surface area contributed by atoms with Gasteiger partial charge < -0.3 is 9.73 Å². The van der Waals surface area contributed by atoms with Crippen LogP contribution < -0.4 is 5.32 Å². The largest absolute Gasteiger partial charge is 0.467 e. The molecule has 0 unspecified atom stereocenters. The van der Waals surface area contributed by atoms with Crippen molar-refractivity contribution in [2.24, 2.45) is 0 Å². The van der Waals surface area contributed by atoms with Gasteiger partial charge in [0.25, 0.3) is 5.91 Å². The number of hydrogen-bond acceptors (Lipinski definition) is 4. The van der Waals surface area contributed by atoms with Crippen LogP contribution in [0.2, 0.25) is 4.34 Å². The van der Waals surface area contributed by atoms with Crippen molar-refractivity contribution in [2.45, 2.75) is 6.54 Å². The minimum atomic E-state index is -0.441. The van der Waals surface area contributed by atoms with Crippen LogP contribution in [0, 0.1) is 11.3 Å². The van der Waals surface area contributed by atoms with E-state index < -0.39 is 5.91 Å². The summed E-state index contributed by atoms with van der Waals surface area (Å²) in [5, 5.41) is 11.6. The van der Waals surface area contributed by atoms with Crippen LogP contribution in [0.1, 0.15) is 10.6 Å². The molecule has 2 aromatic heterocycles. The molecule has 0 fully saturated rings. The Bertz CT molecular complexity index is 638. The van der Waals surface area contributed by atoms with E-state index in [2.05, 4.69) is 5.32 Å². The van der Waals surface area contributed by atoms with Crippen LogP contribution in [0.3, 0.4) is 0 Å². The molecular formula is C13H9ClN2O2S. The fourth-order valence-corrected chi connectivity index (χ4v) is 2.38. The molecule has 4 nitrogen and oxygen atoms in total. The minimum absolute atomic E-state index is 0.0325. The number of nitrogens with one attached hydrogen (secondary N) is 1. The van der Waals surface area contributed by atoms with Crippen molar-refractivity contribution in [1.82, 2.24) is 5.32 Å². The Hall–Kier alpha value is -2.03. The summed E-state index contributed by atoms with van der Waals surface area (Å²) in [6.45, 7) is 0.246. The highest BCUT2D eigenvalue weighted by molar-refractivity contribution is 7.17. The number of thiophene rings is 1. The monoisotopic (exact) mass is 292 g/mol. The Kier molecular flexibility index (Phi) is 4.39. The summed E-state index contributed by atoms with van der Waals surface area (Å²) in [7, 11) is 0. The van der Waals surface area contributed by atoms with Gasteiger partial charge >= 0.3 is 0 Å². The molecule has 0 spiro atoms. The number of carbonyl (C=O) groups is 1. The van der Waals surface area contributed by atoms with Crippen LogP contribution >= 0.6 is 22.9 Å². The summed E-state index contributed by atoms with van der Waals surface area (Å²) in [5.41, 5.74) is 0.0325. The van der Waals surface area contributed by atoms with Crippen molar-refractivity contribution in [3.8, 4) is 6.07 Å². The van der Waals surface area contributed by atoms with Crippen molar-refractivity contribution in [3.63, 3.8) is 0 Å². The van der Waals surface area contributed by atoms with Crippen molar-refractivity contribution in [1.29, 1.82) is 5.26 Å². The summed E-state index contributed by atoms with van der Waals surface area (Å²) in [6.07, 6.45) is 3.03. The van der Waals surface area contributed by atoms with Gasteiger partial charge in [0.15, 0.2) is 0 Å². The molecule has 0 bridgehead atoms. The first-order valence-electron chi connectivity index (χ1n) is 5.37. The molecule has 1 N–H and O–H groups in total. The zero-order valence-electron chi connectivity index (χ0n) is 9.72. The second kappa shape index (κ2) is 6.23. The number of nitriles is 1. The number of hydrogen-bond donors (Lipinski definition) is 1. The van der Waals surface area contributed by atoms with Gasteiger partial charge in [0.1, 0.15) is 17.4 Å².